The predicted molar refractivity (Wildman–Crippen MR) is 80.7 cm³/mol. The molecule has 1 aliphatic rings. The van der Waals surface area contributed by atoms with Crippen LogP contribution in [-0.4, -0.2) is 4.32 Å². The second-order valence-electron chi connectivity index (χ2n) is 3.66. The Morgan fingerprint density at radius 3 is 1.88 bits per heavy atom. The quantitative estimate of drug-likeness (QED) is 0.557. The first kappa shape index (κ1) is 11.1. The molecule has 2 aromatic carbocycles. The molecule has 0 aliphatic carbocycles. The third kappa shape index (κ3) is 1.86. The molecule has 3 rings (SSSR count). The maximum atomic E-state index is 5.25. The van der Waals surface area contributed by atoms with Crippen molar-refractivity contribution in [2.24, 2.45) is 0 Å². The topological polar surface area (TPSA) is 3.24 Å². The fraction of sp³-hybridized carbons (Fsp3) is 0. The Hall–Kier alpha value is -0.970. The van der Waals surface area contributed by atoms with E-state index in [1.807, 2.05) is 29.2 Å². The Morgan fingerprint density at radius 2 is 1.41 bits per heavy atom. The molecule has 84 valence electrons. The molecule has 0 aromatic heterocycles. The summed E-state index contributed by atoms with van der Waals surface area (Å²) in [6, 6.07) is 16.5. The molecule has 2 aromatic rings. The molecule has 1 nitrogen and oxygen atoms in total. The Balaban J connectivity index is 2.24. The summed E-state index contributed by atoms with van der Waals surface area (Å²) in [5.41, 5.74) is 2.22. The molecule has 1 heterocycles. The summed E-state index contributed by atoms with van der Waals surface area (Å²) in [5, 5.41) is 0. The van der Waals surface area contributed by atoms with Crippen LogP contribution in [0.15, 0.2) is 58.3 Å². The van der Waals surface area contributed by atoms with Gasteiger partial charge in [-0.1, -0.05) is 48.2 Å². The van der Waals surface area contributed by atoms with Gasteiger partial charge in [0, 0.05) is 9.79 Å². The van der Waals surface area contributed by atoms with Crippen LogP contribution in [0.4, 0.5) is 11.4 Å². The summed E-state index contributed by atoms with van der Waals surface area (Å²) >= 11 is 11.4. The van der Waals surface area contributed by atoms with E-state index >= 15 is 0 Å². The van der Waals surface area contributed by atoms with Crippen LogP contribution in [0, 0.1) is 0 Å². The number of anilines is 2. The summed E-state index contributed by atoms with van der Waals surface area (Å²) < 4.78 is 0.574. The van der Waals surface area contributed by atoms with Gasteiger partial charge in [0.2, 0.25) is 0 Å². The zero-order valence-corrected chi connectivity index (χ0v) is 11.4. The van der Waals surface area contributed by atoms with E-state index in [0.29, 0.717) is 4.32 Å². The molecular formula is C13H9NS3. The minimum atomic E-state index is 0.574. The smallest absolute Gasteiger partial charge is 0.142 e. The summed E-state index contributed by atoms with van der Waals surface area (Å²) in [4.78, 5) is 4.43. The van der Waals surface area contributed by atoms with Crippen molar-refractivity contribution in [3.05, 3.63) is 48.5 Å². The monoisotopic (exact) mass is 275 g/mol. The van der Waals surface area contributed by atoms with Crippen LogP contribution in [-0.2, 0) is 0 Å². The second-order valence-corrected chi connectivity index (χ2v) is 5.85. The molecule has 0 spiro atoms. The normalized spacial score (nSPS) is 12.9. The lowest BCUT2D eigenvalue weighted by molar-refractivity contribution is 1.22. The maximum absolute atomic E-state index is 5.25. The number of benzene rings is 2. The fourth-order valence-corrected chi connectivity index (χ4v) is 3.38. The van der Waals surface area contributed by atoms with Crippen LogP contribution in [0.1, 0.15) is 0 Å². The molecule has 17 heavy (non-hydrogen) atoms. The molecular weight excluding hydrogens is 266 g/mol. The number of para-hydroxylation sites is 2. The Kier molecular flexibility index (Phi) is 2.86. The number of fused-ring (bicyclic) bond motifs is 2. The highest BCUT2D eigenvalue weighted by atomic mass is 32.2. The predicted octanol–water partition coefficient (Wildman–Crippen LogP) is 4.50. The molecule has 0 saturated carbocycles. The summed E-state index contributed by atoms with van der Waals surface area (Å²) in [7, 11) is 0. The largest absolute Gasteiger partial charge is 0.294 e. The van der Waals surface area contributed by atoms with Gasteiger partial charge in [-0.25, -0.2) is 0 Å². The second kappa shape index (κ2) is 4.37. The lowest BCUT2D eigenvalue weighted by Crippen LogP contribution is -2.22. The zero-order chi connectivity index (χ0) is 11.8. The van der Waals surface area contributed by atoms with Crippen molar-refractivity contribution in [1.29, 1.82) is 0 Å². The van der Waals surface area contributed by atoms with Gasteiger partial charge in [-0.15, -0.1) is 12.6 Å². The molecule has 4 heteroatoms. The number of hydrogen-bond donors (Lipinski definition) is 1. The first-order valence-corrected chi connectivity index (χ1v) is 6.83. The first-order chi connectivity index (χ1) is 8.27. The Morgan fingerprint density at radius 1 is 0.941 bits per heavy atom. The minimum absolute atomic E-state index is 0.574. The Labute approximate surface area is 115 Å². The van der Waals surface area contributed by atoms with Gasteiger partial charge in [-0.3, -0.25) is 4.90 Å². The lowest BCUT2D eigenvalue weighted by Gasteiger charge is -2.31. The van der Waals surface area contributed by atoms with Crippen molar-refractivity contribution < 1.29 is 0 Å². The van der Waals surface area contributed by atoms with Crippen LogP contribution < -0.4 is 4.90 Å². The SMILES string of the molecule is S=C(S)N1c2ccccc2Sc2ccccc21. The van der Waals surface area contributed by atoms with Crippen LogP contribution in [0.3, 0.4) is 0 Å². The van der Waals surface area contributed by atoms with Crippen LogP contribution in [0.2, 0.25) is 0 Å². The third-order valence-electron chi connectivity index (χ3n) is 2.62. The van der Waals surface area contributed by atoms with Gasteiger partial charge in [0.15, 0.2) is 0 Å². The highest BCUT2D eigenvalue weighted by Gasteiger charge is 2.23. The van der Waals surface area contributed by atoms with E-state index in [1.54, 1.807) is 11.8 Å². The standard InChI is InChI=1S/C13H9NS3/c15-13(16)14-9-5-1-3-7-11(9)17-12-8-4-2-6-10(12)14/h1-8H,(H,15,16). The Bertz CT molecular complexity index is 549. The third-order valence-corrected chi connectivity index (χ3v) is 4.14. The van der Waals surface area contributed by atoms with Crippen molar-refractivity contribution in [2.75, 3.05) is 4.90 Å². The van der Waals surface area contributed by atoms with Gasteiger partial charge in [0.05, 0.1) is 11.4 Å². The highest BCUT2D eigenvalue weighted by molar-refractivity contribution is 8.11. The molecule has 0 radical (unpaired) electrons. The number of thiocarbonyl (C=S) groups is 1. The zero-order valence-electron chi connectivity index (χ0n) is 8.83. The molecule has 0 saturated heterocycles. The molecule has 0 unspecified atom stereocenters. The highest BCUT2D eigenvalue weighted by Crippen LogP contribution is 2.48. The van der Waals surface area contributed by atoms with Gasteiger partial charge in [0.1, 0.15) is 4.32 Å². The van der Waals surface area contributed by atoms with Gasteiger partial charge in [-0.2, -0.15) is 0 Å². The fourth-order valence-electron chi connectivity index (χ4n) is 1.91. The maximum Gasteiger partial charge on any atom is 0.142 e. The van der Waals surface area contributed by atoms with E-state index in [1.165, 1.54) is 9.79 Å². The van der Waals surface area contributed by atoms with E-state index in [-0.39, 0.29) is 0 Å². The van der Waals surface area contributed by atoms with Gasteiger partial charge in [-0.05, 0) is 24.3 Å². The molecule has 0 bridgehead atoms. The molecule has 0 amide bonds. The summed E-state index contributed by atoms with van der Waals surface area (Å²) in [5.74, 6) is 0. The van der Waals surface area contributed by atoms with Crippen molar-refractivity contribution in [3.8, 4) is 0 Å². The number of hydrogen-bond acceptors (Lipinski definition) is 2. The summed E-state index contributed by atoms with van der Waals surface area (Å²) in [6.45, 7) is 0. The van der Waals surface area contributed by atoms with E-state index < -0.39 is 0 Å². The van der Waals surface area contributed by atoms with E-state index in [2.05, 4.69) is 36.9 Å². The van der Waals surface area contributed by atoms with Crippen LogP contribution >= 0.6 is 36.6 Å². The van der Waals surface area contributed by atoms with Gasteiger partial charge >= 0.3 is 0 Å². The minimum Gasteiger partial charge on any atom is -0.294 e. The first-order valence-electron chi connectivity index (χ1n) is 5.16. The molecule has 1 aliphatic heterocycles. The van der Waals surface area contributed by atoms with Crippen LogP contribution in [0.25, 0.3) is 0 Å². The number of rotatable bonds is 0. The number of nitrogens with zero attached hydrogens (tertiary/aromatic N) is 1. The average Bonchev–Trinajstić information content (AvgIpc) is 2.35. The van der Waals surface area contributed by atoms with Gasteiger partial charge < -0.3 is 0 Å². The van der Waals surface area contributed by atoms with Crippen molar-refractivity contribution >= 4 is 52.3 Å². The van der Waals surface area contributed by atoms with E-state index in [4.69, 9.17) is 12.2 Å². The van der Waals surface area contributed by atoms with Crippen molar-refractivity contribution in [1.82, 2.24) is 0 Å². The van der Waals surface area contributed by atoms with Crippen molar-refractivity contribution in [3.63, 3.8) is 0 Å². The van der Waals surface area contributed by atoms with E-state index in [0.717, 1.165) is 11.4 Å². The number of thiol groups is 1. The molecule has 0 atom stereocenters. The van der Waals surface area contributed by atoms with Gasteiger partial charge in [0.25, 0.3) is 0 Å². The molecule has 0 fully saturated rings. The van der Waals surface area contributed by atoms with Crippen molar-refractivity contribution in [2.45, 2.75) is 9.79 Å². The van der Waals surface area contributed by atoms with Crippen LogP contribution in [0.5, 0.6) is 0 Å². The molecule has 0 N–H and O–H groups in total. The van der Waals surface area contributed by atoms with E-state index in [9.17, 15) is 0 Å². The average molecular weight is 275 g/mol. The lowest BCUT2D eigenvalue weighted by atomic mass is 10.2. The summed E-state index contributed by atoms with van der Waals surface area (Å²) in [6.07, 6.45) is 0.